The van der Waals surface area contributed by atoms with Crippen molar-refractivity contribution in [3.05, 3.63) is 23.8 Å². The second-order valence-electron chi connectivity index (χ2n) is 5.73. The van der Waals surface area contributed by atoms with E-state index in [1.807, 2.05) is 6.08 Å². The summed E-state index contributed by atoms with van der Waals surface area (Å²) in [5, 5.41) is 0. The second-order valence-corrected chi connectivity index (χ2v) is 5.73. The highest BCUT2D eigenvalue weighted by atomic mass is 16.5. The summed E-state index contributed by atoms with van der Waals surface area (Å²) in [5.74, 6) is 0.403. The van der Waals surface area contributed by atoms with Crippen LogP contribution in [0.1, 0.15) is 65.7 Å². The topological polar surface area (TPSA) is 26.3 Å². The first-order chi connectivity index (χ1) is 9.71. The predicted molar refractivity (Wildman–Crippen MR) is 84.5 cm³/mol. The number of carbonyl (C=O) groups excluding carboxylic acids is 1. The lowest BCUT2D eigenvalue weighted by molar-refractivity contribution is -0.148. The van der Waals surface area contributed by atoms with Crippen molar-refractivity contribution in [2.24, 2.45) is 11.8 Å². The van der Waals surface area contributed by atoms with Gasteiger partial charge in [-0.2, -0.15) is 0 Å². The molecule has 0 radical (unpaired) electrons. The molecule has 0 heterocycles. The van der Waals surface area contributed by atoms with Crippen LogP contribution in [0.5, 0.6) is 0 Å². The zero-order chi connectivity index (χ0) is 14.8. The second kappa shape index (κ2) is 9.79. The van der Waals surface area contributed by atoms with E-state index < -0.39 is 0 Å². The molecule has 0 aromatic carbocycles. The molecule has 1 rings (SSSR count). The van der Waals surface area contributed by atoms with Crippen LogP contribution in [0.2, 0.25) is 0 Å². The molecule has 0 spiro atoms. The average Bonchev–Trinajstić information content (AvgIpc) is 2.50. The fourth-order valence-corrected chi connectivity index (χ4v) is 2.50. The number of hydrogen-bond donors (Lipinski definition) is 0. The smallest absolute Gasteiger partial charge is 0.313 e. The van der Waals surface area contributed by atoms with Crippen molar-refractivity contribution in [2.75, 3.05) is 6.61 Å². The summed E-state index contributed by atoms with van der Waals surface area (Å²) in [6.07, 6.45) is 14.1. The first kappa shape index (κ1) is 17.0. The highest BCUT2D eigenvalue weighted by Crippen LogP contribution is 2.20. The molecule has 0 aromatic heterocycles. The molecular weight excluding hydrogens is 248 g/mol. The molecule has 2 heteroatoms. The Balaban J connectivity index is 2.28. The lowest BCUT2D eigenvalue weighted by Crippen LogP contribution is -2.20. The summed E-state index contributed by atoms with van der Waals surface area (Å²) in [6.45, 7) is 7.13. The minimum Gasteiger partial charge on any atom is -0.465 e. The summed E-state index contributed by atoms with van der Waals surface area (Å²) in [6, 6.07) is 0. The average molecular weight is 278 g/mol. The summed E-state index contributed by atoms with van der Waals surface area (Å²) in [4.78, 5) is 12.0. The molecule has 0 bridgehead atoms. The van der Waals surface area contributed by atoms with Gasteiger partial charge in [-0.1, -0.05) is 70.3 Å². The Morgan fingerprint density at radius 2 is 2.15 bits per heavy atom. The predicted octanol–water partition coefficient (Wildman–Crippen LogP) is 5.05. The van der Waals surface area contributed by atoms with Gasteiger partial charge in [0.15, 0.2) is 0 Å². The molecule has 2 unspecified atom stereocenters. The van der Waals surface area contributed by atoms with Crippen LogP contribution < -0.4 is 0 Å². The molecule has 0 fully saturated rings. The van der Waals surface area contributed by atoms with E-state index in [0.717, 1.165) is 19.3 Å². The standard InChI is InChI=1S/C18H30O2/c1-4-7-8-9-16(6-3)14-20-18(19)17-12-10-15(5-2)11-13-17/h10-12,16-17H,4-9,13-14H2,1-3H3. The fourth-order valence-electron chi connectivity index (χ4n) is 2.50. The van der Waals surface area contributed by atoms with Crippen molar-refractivity contribution in [1.29, 1.82) is 0 Å². The highest BCUT2D eigenvalue weighted by molar-refractivity contribution is 5.75. The number of unbranched alkanes of at least 4 members (excludes halogenated alkanes) is 2. The molecule has 2 atom stereocenters. The van der Waals surface area contributed by atoms with Gasteiger partial charge in [-0.05, 0) is 25.2 Å². The molecule has 114 valence electrons. The van der Waals surface area contributed by atoms with E-state index >= 15 is 0 Å². The van der Waals surface area contributed by atoms with E-state index in [-0.39, 0.29) is 11.9 Å². The van der Waals surface area contributed by atoms with Crippen LogP contribution in [0.4, 0.5) is 0 Å². The van der Waals surface area contributed by atoms with Crippen LogP contribution in [0.25, 0.3) is 0 Å². The third kappa shape index (κ3) is 5.94. The summed E-state index contributed by atoms with van der Waals surface area (Å²) >= 11 is 0. The van der Waals surface area contributed by atoms with E-state index in [2.05, 4.69) is 32.9 Å². The van der Waals surface area contributed by atoms with Gasteiger partial charge in [0, 0.05) is 0 Å². The summed E-state index contributed by atoms with van der Waals surface area (Å²) < 4.78 is 5.51. The highest BCUT2D eigenvalue weighted by Gasteiger charge is 2.19. The van der Waals surface area contributed by atoms with Gasteiger partial charge in [-0.25, -0.2) is 0 Å². The largest absolute Gasteiger partial charge is 0.465 e. The van der Waals surface area contributed by atoms with Crippen LogP contribution in [0.15, 0.2) is 23.8 Å². The van der Waals surface area contributed by atoms with Gasteiger partial charge >= 0.3 is 5.97 Å². The Morgan fingerprint density at radius 1 is 1.35 bits per heavy atom. The van der Waals surface area contributed by atoms with Crippen LogP contribution in [-0.2, 0) is 9.53 Å². The Bertz CT molecular complexity index is 341. The van der Waals surface area contributed by atoms with Crippen LogP contribution in [0.3, 0.4) is 0 Å². The zero-order valence-corrected chi connectivity index (χ0v) is 13.4. The maximum atomic E-state index is 12.0. The molecule has 1 aliphatic rings. The number of ether oxygens (including phenoxy) is 1. The first-order valence-electron chi connectivity index (χ1n) is 8.25. The minimum atomic E-state index is -0.0709. The van der Waals surface area contributed by atoms with Crippen molar-refractivity contribution in [2.45, 2.75) is 65.7 Å². The molecule has 0 N–H and O–H groups in total. The molecule has 0 saturated carbocycles. The van der Waals surface area contributed by atoms with Crippen molar-refractivity contribution in [3.63, 3.8) is 0 Å². The summed E-state index contributed by atoms with van der Waals surface area (Å²) in [7, 11) is 0. The van der Waals surface area contributed by atoms with Gasteiger partial charge in [-0.3, -0.25) is 4.79 Å². The monoisotopic (exact) mass is 278 g/mol. The molecule has 0 aliphatic heterocycles. The van der Waals surface area contributed by atoms with E-state index in [4.69, 9.17) is 4.74 Å². The molecular formula is C18H30O2. The zero-order valence-electron chi connectivity index (χ0n) is 13.4. The lowest BCUT2D eigenvalue weighted by Gasteiger charge is -2.18. The Labute approximate surface area is 124 Å². The Hall–Kier alpha value is -1.05. The van der Waals surface area contributed by atoms with E-state index in [1.165, 1.54) is 31.3 Å². The van der Waals surface area contributed by atoms with Crippen LogP contribution >= 0.6 is 0 Å². The molecule has 20 heavy (non-hydrogen) atoms. The van der Waals surface area contributed by atoms with E-state index in [1.54, 1.807) is 0 Å². The number of hydrogen-bond acceptors (Lipinski definition) is 2. The normalized spacial score (nSPS) is 19.6. The molecule has 0 saturated heterocycles. The fraction of sp³-hybridized carbons (Fsp3) is 0.722. The Kier molecular flexibility index (Phi) is 8.32. The van der Waals surface area contributed by atoms with Crippen molar-refractivity contribution < 1.29 is 9.53 Å². The SMILES string of the molecule is CCCCCC(CC)COC(=O)C1C=CC(CC)=CC1. The molecule has 0 aromatic rings. The number of allylic oxidation sites excluding steroid dienone is 3. The van der Waals surface area contributed by atoms with Crippen molar-refractivity contribution in [3.8, 4) is 0 Å². The van der Waals surface area contributed by atoms with Gasteiger partial charge in [0.1, 0.15) is 0 Å². The third-order valence-electron chi connectivity index (χ3n) is 4.14. The van der Waals surface area contributed by atoms with Crippen LogP contribution in [0, 0.1) is 11.8 Å². The maximum Gasteiger partial charge on any atom is 0.313 e. The van der Waals surface area contributed by atoms with E-state index in [0.29, 0.717) is 12.5 Å². The number of rotatable bonds is 9. The number of carbonyl (C=O) groups is 1. The minimum absolute atomic E-state index is 0.0541. The molecule has 1 aliphatic carbocycles. The van der Waals surface area contributed by atoms with E-state index in [9.17, 15) is 4.79 Å². The lowest BCUT2D eigenvalue weighted by atomic mass is 9.95. The number of esters is 1. The third-order valence-corrected chi connectivity index (χ3v) is 4.14. The molecule has 0 amide bonds. The summed E-state index contributed by atoms with van der Waals surface area (Å²) in [5.41, 5.74) is 1.32. The van der Waals surface area contributed by atoms with Gasteiger partial charge in [0.25, 0.3) is 0 Å². The maximum absolute atomic E-state index is 12.0. The van der Waals surface area contributed by atoms with Gasteiger partial charge in [0.05, 0.1) is 12.5 Å². The van der Waals surface area contributed by atoms with Gasteiger partial charge < -0.3 is 4.74 Å². The first-order valence-corrected chi connectivity index (χ1v) is 8.25. The van der Waals surface area contributed by atoms with Crippen molar-refractivity contribution in [1.82, 2.24) is 0 Å². The van der Waals surface area contributed by atoms with Gasteiger partial charge in [-0.15, -0.1) is 0 Å². The molecule has 2 nitrogen and oxygen atoms in total. The Morgan fingerprint density at radius 3 is 2.70 bits per heavy atom. The van der Waals surface area contributed by atoms with Crippen LogP contribution in [-0.4, -0.2) is 12.6 Å². The van der Waals surface area contributed by atoms with Gasteiger partial charge in [0.2, 0.25) is 0 Å². The van der Waals surface area contributed by atoms with Crippen molar-refractivity contribution >= 4 is 5.97 Å². The quantitative estimate of drug-likeness (QED) is 0.436.